The molecule has 2 heteroatoms. The van der Waals surface area contributed by atoms with Crippen LogP contribution in [0.5, 0.6) is 0 Å². The Morgan fingerprint density at radius 1 is 1.12 bits per heavy atom. The predicted molar refractivity (Wildman–Crippen MR) is 65.2 cm³/mol. The average molecular weight is 234 g/mol. The van der Waals surface area contributed by atoms with Crippen molar-refractivity contribution in [3.63, 3.8) is 0 Å². The van der Waals surface area contributed by atoms with Gasteiger partial charge in [-0.05, 0) is 48.2 Å². The molecule has 0 spiro atoms. The molecule has 0 amide bonds. The number of hydrogen-bond donors (Lipinski definition) is 0. The van der Waals surface area contributed by atoms with Gasteiger partial charge in [0.15, 0.2) is 0 Å². The van der Waals surface area contributed by atoms with Gasteiger partial charge in [0.05, 0.1) is 5.02 Å². The summed E-state index contributed by atoms with van der Waals surface area (Å²) in [5.41, 5.74) is 3.80. The third-order valence-electron chi connectivity index (χ3n) is 2.68. The summed E-state index contributed by atoms with van der Waals surface area (Å²) in [5.74, 6) is -0.232. The largest absolute Gasteiger partial charge is 0.207 e. The van der Waals surface area contributed by atoms with Gasteiger partial charge in [0.25, 0.3) is 0 Å². The molecule has 0 atom stereocenters. The van der Waals surface area contributed by atoms with Crippen LogP contribution in [0.15, 0.2) is 30.3 Å². The fraction of sp³-hybridized carbons (Fsp3) is 0.143. The summed E-state index contributed by atoms with van der Waals surface area (Å²) in [6.45, 7) is 3.87. The molecule has 0 N–H and O–H groups in total. The lowest BCUT2D eigenvalue weighted by molar-refractivity contribution is 0.628. The summed E-state index contributed by atoms with van der Waals surface area (Å²) in [6.07, 6.45) is 0. The molecule has 0 saturated heterocycles. The molecule has 0 unspecified atom stereocenters. The summed E-state index contributed by atoms with van der Waals surface area (Å²) < 4.78 is 13.2. The lowest BCUT2D eigenvalue weighted by atomic mass is 9.96. The zero-order valence-electron chi connectivity index (χ0n) is 9.14. The second kappa shape index (κ2) is 4.26. The van der Waals surface area contributed by atoms with Gasteiger partial charge in [0.1, 0.15) is 5.82 Å². The van der Waals surface area contributed by atoms with E-state index in [1.54, 1.807) is 12.1 Å². The molecule has 0 saturated carbocycles. The number of hydrogen-bond acceptors (Lipinski definition) is 0. The van der Waals surface area contributed by atoms with Crippen molar-refractivity contribution in [2.45, 2.75) is 13.8 Å². The Morgan fingerprint density at radius 3 is 2.62 bits per heavy atom. The summed E-state index contributed by atoms with van der Waals surface area (Å²) in [4.78, 5) is 0. The lowest BCUT2D eigenvalue weighted by Gasteiger charge is -2.10. The fourth-order valence-electron chi connectivity index (χ4n) is 1.73. The Kier molecular flexibility index (Phi) is 2.97. The normalized spacial score (nSPS) is 10.5. The number of aryl methyl sites for hydroxylation is 1. The molecule has 0 heterocycles. The highest BCUT2D eigenvalue weighted by Crippen LogP contribution is 2.30. The van der Waals surface area contributed by atoms with Crippen LogP contribution in [0, 0.1) is 25.7 Å². The summed E-state index contributed by atoms with van der Waals surface area (Å²) >= 11 is 6.01. The van der Waals surface area contributed by atoms with Crippen molar-refractivity contribution >= 4 is 11.6 Å². The third kappa shape index (κ3) is 1.96. The molecule has 0 bridgehead atoms. The minimum absolute atomic E-state index is 0.232. The van der Waals surface area contributed by atoms with Gasteiger partial charge in [-0.1, -0.05) is 29.8 Å². The van der Waals surface area contributed by atoms with E-state index in [2.05, 4.69) is 6.07 Å². The smallest absolute Gasteiger partial charge is 0.123 e. The van der Waals surface area contributed by atoms with E-state index in [0.717, 1.165) is 22.3 Å². The van der Waals surface area contributed by atoms with Crippen molar-refractivity contribution in [3.05, 3.63) is 58.4 Å². The maximum absolute atomic E-state index is 13.2. The highest BCUT2D eigenvalue weighted by atomic mass is 35.5. The summed E-state index contributed by atoms with van der Waals surface area (Å²) in [7, 11) is 0. The highest BCUT2D eigenvalue weighted by Gasteiger charge is 2.08. The van der Waals surface area contributed by atoms with Crippen LogP contribution in [-0.4, -0.2) is 0 Å². The molecule has 0 aromatic heterocycles. The van der Waals surface area contributed by atoms with E-state index in [4.69, 9.17) is 11.6 Å². The molecule has 81 valence electrons. The molecule has 0 aliphatic rings. The van der Waals surface area contributed by atoms with Crippen LogP contribution in [0.2, 0.25) is 5.02 Å². The molecule has 16 heavy (non-hydrogen) atoms. The van der Waals surface area contributed by atoms with E-state index >= 15 is 0 Å². The van der Waals surface area contributed by atoms with Crippen LogP contribution < -0.4 is 0 Å². The standard InChI is InChI=1S/C14H11ClF/c1-9-6-7-11(16)8-13(9)12-4-3-5-14(15)10(12)2/h3-4,6-8H,1-2H3. The van der Waals surface area contributed by atoms with E-state index < -0.39 is 0 Å². The topological polar surface area (TPSA) is 0 Å². The van der Waals surface area contributed by atoms with Crippen LogP contribution >= 0.6 is 11.6 Å². The van der Waals surface area contributed by atoms with Crippen molar-refractivity contribution in [1.82, 2.24) is 0 Å². The first-order chi connectivity index (χ1) is 7.59. The van der Waals surface area contributed by atoms with Crippen molar-refractivity contribution in [2.24, 2.45) is 0 Å². The molecule has 1 radical (unpaired) electrons. The Morgan fingerprint density at radius 2 is 1.88 bits per heavy atom. The summed E-state index contributed by atoms with van der Waals surface area (Å²) in [5, 5.41) is 0.584. The molecule has 2 aromatic carbocycles. The monoisotopic (exact) mass is 233 g/mol. The van der Waals surface area contributed by atoms with Crippen LogP contribution in [0.3, 0.4) is 0 Å². The zero-order valence-corrected chi connectivity index (χ0v) is 9.90. The molecule has 0 aliphatic heterocycles. The molecule has 2 rings (SSSR count). The Labute approximate surface area is 99.7 Å². The van der Waals surface area contributed by atoms with Crippen molar-refractivity contribution in [1.29, 1.82) is 0 Å². The molecular weight excluding hydrogens is 223 g/mol. The van der Waals surface area contributed by atoms with Crippen LogP contribution in [-0.2, 0) is 0 Å². The van der Waals surface area contributed by atoms with Gasteiger partial charge in [0, 0.05) is 6.07 Å². The molecule has 0 aliphatic carbocycles. The lowest BCUT2D eigenvalue weighted by Crippen LogP contribution is -1.89. The average Bonchev–Trinajstić information content (AvgIpc) is 2.26. The first-order valence-electron chi connectivity index (χ1n) is 5.03. The van der Waals surface area contributed by atoms with Gasteiger partial charge in [-0.3, -0.25) is 0 Å². The van der Waals surface area contributed by atoms with E-state index in [-0.39, 0.29) is 5.82 Å². The molecule has 0 nitrogen and oxygen atoms in total. The van der Waals surface area contributed by atoms with E-state index in [1.807, 2.05) is 19.9 Å². The van der Waals surface area contributed by atoms with Gasteiger partial charge < -0.3 is 0 Å². The fourth-order valence-corrected chi connectivity index (χ4v) is 1.89. The van der Waals surface area contributed by atoms with Crippen LogP contribution in [0.25, 0.3) is 11.1 Å². The van der Waals surface area contributed by atoms with Crippen LogP contribution in [0.1, 0.15) is 11.1 Å². The minimum atomic E-state index is -0.232. The second-order valence-electron chi connectivity index (χ2n) is 3.79. The highest BCUT2D eigenvalue weighted by molar-refractivity contribution is 6.31. The van der Waals surface area contributed by atoms with Crippen LogP contribution in [0.4, 0.5) is 4.39 Å². The van der Waals surface area contributed by atoms with Gasteiger partial charge in [-0.2, -0.15) is 0 Å². The third-order valence-corrected chi connectivity index (χ3v) is 3.08. The molecule has 2 aromatic rings. The number of benzene rings is 2. The SMILES string of the molecule is Cc1ccc(F)cc1-c1cc[c]c(Cl)c1C. The Hall–Kier alpha value is -1.34. The minimum Gasteiger partial charge on any atom is -0.207 e. The Balaban J connectivity index is 2.67. The van der Waals surface area contributed by atoms with E-state index in [9.17, 15) is 4.39 Å². The van der Waals surface area contributed by atoms with Crippen molar-refractivity contribution in [3.8, 4) is 11.1 Å². The Bertz CT molecular complexity index is 532. The molecule has 0 fully saturated rings. The van der Waals surface area contributed by atoms with Gasteiger partial charge in [-0.15, -0.1) is 0 Å². The van der Waals surface area contributed by atoms with Crippen molar-refractivity contribution < 1.29 is 4.39 Å². The summed E-state index contributed by atoms with van der Waals surface area (Å²) in [6, 6.07) is 11.4. The zero-order chi connectivity index (χ0) is 11.7. The maximum atomic E-state index is 13.2. The second-order valence-corrected chi connectivity index (χ2v) is 4.17. The number of rotatable bonds is 1. The molecular formula is C14H11ClF. The first-order valence-corrected chi connectivity index (χ1v) is 5.40. The van der Waals surface area contributed by atoms with Gasteiger partial charge in [-0.25, -0.2) is 4.39 Å². The van der Waals surface area contributed by atoms with Crippen molar-refractivity contribution in [2.75, 3.05) is 0 Å². The van der Waals surface area contributed by atoms with Gasteiger partial charge >= 0.3 is 0 Å². The van der Waals surface area contributed by atoms with E-state index in [1.165, 1.54) is 12.1 Å². The first kappa shape index (κ1) is 11.2. The number of halogens is 2. The quantitative estimate of drug-likeness (QED) is 0.677. The predicted octanol–water partition coefficient (Wildman–Crippen LogP) is 4.56. The van der Waals surface area contributed by atoms with Gasteiger partial charge in [0.2, 0.25) is 0 Å². The maximum Gasteiger partial charge on any atom is 0.123 e. The van der Waals surface area contributed by atoms with E-state index in [0.29, 0.717) is 5.02 Å².